The van der Waals surface area contributed by atoms with Crippen LogP contribution in [0.2, 0.25) is 0 Å². The van der Waals surface area contributed by atoms with Crippen LogP contribution in [-0.2, 0) is 11.3 Å². The highest BCUT2D eigenvalue weighted by Gasteiger charge is 2.14. The molecule has 2 heteroatoms. The molecule has 96 valence electrons. The molecular weight excluding hydrogens is 210 g/mol. The molecule has 0 amide bonds. The van der Waals surface area contributed by atoms with Crippen molar-refractivity contribution in [2.75, 3.05) is 13.2 Å². The first-order valence-electron chi connectivity index (χ1n) is 6.63. The van der Waals surface area contributed by atoms with E-state index in [0.29, 0.717) is 18.6 Å². The Morgan fingerprint density at radius 3 is 2.47 bits per heavy atom. The van der Waals surface area contributed by atoms with E-state index in [-0.39, 0.29) is 0 Å². The van der Waals surface area contributed by atoms with Gasteiger partial charge in [-0.3, -0.25) is 0 Å². The molecule has 0 fully saturated rings. The van der Waals surface area contributed by atoms with Crippen LogP contribution in [0.3, 0.4) is 0 Å². The highest BCUT2D eigenvalue weighted by Crippen LogP contribution is 2.09. The molecule has 2 nitrogen and oxygen atoms in total. The standard InChI is InChI=1S/C15H25NO/c1-4-13(3)15(16-5-2)12-17-11-14-9-7-6-8-10-14/h6-10,13,15-16H,4-5,11-12H2,1-3H3. The van der Waals surface area contributed by atoms with Crippen LogP contribution in [0.15, 0.2) is 30.3 Å². The minimum atomic E-state index is 0.466. The molecule has 0 aliphatic carbocycles. The summed E-state index contributed by atoms with van der Waals surface area (Å²) in [7, 11) is 0. The van der Waals surface area contributed by atoms with Gasteiger partial charge in [0.15, 0.2) is 0 Å². The maximum absolute atomic E-state index is 5.79. The van der Waals surface area contributed by atoms with Crippen molar-refractivity contribution < 1.29 is 4.74 Å². The molecule has 1 aromatic rings. The number of rotatable bonds is 8. The lowest BCUT2D eigenvalue weighted by Crippen LogP contribution is -2.38. The predicted molar refractivity (Wildman–Crippen MR) is 73.0 cm³/mol. The highest BCUT2D eigenvalue weighted by atomic mass is 16.5. The van der Waals surface area contributed by atoms with Crippen molar-refractivity contribution in [2.45, 2.75) is 39.8 Å². The Labute approximate surface area is 105 Å². The van der Waals surface area contributed by atoms with Crippen molar-refractivity contribution >= 4 is 0 Å². The zero-order valence-electron chi connectivity index (χ0n) is 11.3. The average molecular weight is 235 g/mol. The number of benzene rings is 1. The lowest BCUT2D eigenvalue weighted by atomic mass is 10.00. The molecule has 0 aromatic heterocycles. The number of likely N-dealkylation sites (N-methyl/N-ethyl adjacent to an activating group) is 1. The van der Waals surface area contributed by atoms with E-state index in [1.807, 2.05) is 6.07 Å². The van der Waals surface area contributed by atoms with Crippen molar-refractivity contribution in [1.82, 2.24) is 5.32 Å². The Morgan fingerprint density at radius 2 is 1.88 bits per heavy atom. The van der Waals surface area contributed by atoms with Crippen LogP contribution >= 0.6 is 0 Å². The third kappa shape index (κ3) is 5.33. The van der Waals surface area contributed by atoms with Gasteiger partial charge in [-0.2, -0.15) is 0 Å². The van der Waals surface area contributed by atoms with E-state index in [0.717, 1.165) is 13.2 Å². The molecule has 0 spiro atoms. The number of ether oxygens (including phenoxy) is 1. The monoisotopic (exact) mass is 235 g/mol. The molecule has 0 aliphatic rings. The molecule has 2 unspecified atom stereocenters. The zero-order valence-corrected chi connectivity index (χ0v) is 11.3. The largest absolute Gasteiger partial charge is 0.375 e. The smallest absolute Gasteiger partial charge is 0.0717 e. The number of hydrogen-bond acceptors (Lipinski definition) is 2. The molecule has 1 rings (SSSR count). The summed E-state index contributed by atoms with van der Waals surface area (Å²) < 4.78 is 5.79. The maximum atomic E-state index is 5.79. The van der Waals surface area contributed by atoms with Gasteiger partial charge in [-0.1, -0.05) is 57.5 Å². The fraction of sp³-hybridized carbons (Fsp3) is 0.600. The van der Waals surface area contributed by atoms with Crippen molar-refractivity contribution in [2.24, 2.45) is 5.92 Å². The molecule has 17 heavy (non-hydrogen) atoms. The summed E-state index contributed by atoms with van der Waals surface area (Å²) >= 11 is 0. The van der Waals surface area contributed by atoms with Gasteiger partial charge < -0.3 is 10.1 Å². The zero-order chi connectivity index (χ0) is 12.5. The molecular formula is C15H25NO. The second-order valence-corrected chi connectivity index (χ2v) is 4.55. The average Bonchev–Trinajstić information content (AvgIpc) is 2.38. The second-order valence-electron chi connectivity index (χ2n) is 4.55. The van der Waals surface area contributed by atoms with Crippen molar-refractivity contribution in [3.63, 3.8) is 0 Å². The topological polar surface area (TPSA) is 21.3 Å². The van der Waals surface area contributed by atoms with Gasteiger partial charge in [0.25, 0.3) is 0 Å². The summed E-state index contributed by atoms with van der Waals surface area (Å²) in [5.41, 5.74) is 1.24. The van der Waals surface area contributed by atoms with Gasteiger partial charge in [0, 0.05) is 6.04 Å². The SMILES string of the molecule is CCNC(COCc1ccccc1)C(C)CC. The molecule has 0 radical (unpaired) electrons. The first-order valence-corrected chi connectivity index (χ1v) is 6.63. The summed E-state index contributed by atoms with van der Waals surface area (Å²) in [5, 5.41) is 3.49. The third-order valence-electron chi connectivity index (χ3n) is 3.21. The molecule has 1 N–H and O–H groups in total. The van der Waals surface area contributed by atoms with Crippen LogP contribution < -0.4 is 5.32 Å². The highest BCUT2D eigenvalue weighted by molar-refractivity contribution is 5.13. The summed E-state index contributed by atoms with van der Waals surface area (Å²) in [6.45, 7) is 9.15. The van der Waals surface area contributed by atoms with Crippen LogP contribution in [0, 0.1) is 5.92 Å². The van der Waals surface area contributed by atoms with Gasteiger partial charge >= 0.3 is 0 Å². The maximum Gasteiger partial charge on any atom is 0.0717 e. The minimum absolute atomic E-state index is 0.466. The number of nitrogens with one attached hydrogen (secondary N) is 1. The first-order chi connectivity index (χ1) is 8.27. The lowest BCUT2D eigenvalue weighted by Gasteiger charge is -2.23. The molecule has 0 saturated heterocycles. The van der Waals surface area contributed by atoms with Crippen molar-refractivity contribution in [3.05, 3.63) is 35.9 Å². The van der Waals surface area contributed by atoms with Crippen LogP contribution in [-0.4, -0.2) is 19.2 Å². The molecule has 0 heterocycles. The Hall–Kier alpha value is -0.860. The van der Waals surface area contributed by atoms with Crippen LogP contribution in [0.4, 0.5) is 0 Å². The van der Waals surface area contributed by atoms with Gasteiger partial charge in [-0.25, -0.2) is 0 Å². The van der Waals surface area contributed by atoms with Crippen molar-refractivity contribution in [3.8, 4) is 0 Å². The lowest BCUT2D eigenvalue weighted by molar-refractivity contribution is 0.0837. The molecule has 0 aliphatic heterocycles. The Balaban J connectivity index is 2.32. The van der Waals surface area contributed by atoms with Gasteiger partial charge in [0.05, 0.1) is 13.2 Å². The van der Waals surface area contributed by atoms with E-state index in [4.69, 9.17) is 4.74 Å². The predicted octanol–water partition coefficient (Wildman–Crippen LogP) is 3.23. The summed E-state index contributed by atoms with van der Waals surface area (Å²) in [5.74, 6) is 0.658. The number of hydrogen-bond donors (Lipinski definition) is 1. The van der Waals surface area contributed by atoms with Gasteiger partial charge in [0.1, 0.15) is 0 Å². The Bertz CT molecular complexity index is 286. The van der Waals surface area contributed by atoms with Crippen molar-refractivity contribution in [1.29, 1.82) is 0 Å². The Kier molecular flexibility index (Phi) is 6.90. The fourth-order valence-corrected chi connectivity index (χ4v) is 1.85. The summed E-state index contributed by atoms with van der Waals surface area (Å²) in [6.07, 6.45) is 1.19. The first kappa shape index (κ1) is 14.2. The van der Waals surface area contributed by atoms with Crippen LogP contribution in [0.5, 0.6) is 0 Å². The van der Waals surface area contributed by atoms with Gasteiger partial charge in [-0.05, 0) is 18.0 Å². The molecule has 2 atom stereocenters. The minimum Gasteiger partial charge on any atom is -0.375 e. The third-order valence-corrected chi connectivity index (χ3v) is 3.21. The van der Waals surface area contributed by atoms with E-state index in [2.05, 4.69) is 50.4 Å². The van der Waals surface area contributed by atoms with E-state index in [9.17, 15) is 0 Å². The van der Waals surface area contributed by atoms with E-state index in [1.54, 1.807) is 0 Å². The normalized spacial score (nSPS) is 14.5. The van der Waals surface area contributed by atoms with E-state index in [1.165, 1.54) is 12.0 Å². The fourth-order valence-electron chi connectivity index (χ4n) is 1.85. The van der Waals surface area contributed by atoms with Gasteiger partial charge in [0.2, 0.25) is 0 Å². The van der Waals surface area contributed by atoms with E-state index < -0.39 is 0 Å². The Morgan fingerprint density at radius 1 is 1.18 bits per heavy atom. The molecule has 0 saturated carbocycles. The second kappa shape index (κ2) is 8.26. The van der Waals surface area contributed by atoms with Crippen LogP contribution in [0.25, 0.3) is 0 Å². The summed E-state index contributed by atoms with van der Waals surface area (Å²) in [4.78, 5) is 0. The van der Waals surface area contributed by atoms with Gasteiger partial charge in [-0.15, -0.1) is 0 Å². The van der Waals surface area contributed by atoms with E-state index >= 15 is 0 Å². The molecule has 0 bridgehead atoms. The quantitative estimate of drug-likeness (QED) is 0.747. The summed E-state index contributed by atoms with van der Waals surface area (Å²) in [6, 6.07) is 10.8. The molecule has 1 aromatic carbocycles. The van der Waals surface area contributed by atoms with Crippen LogP contribution in [0.1, 0.15) is 32.8 Å².